The Morgan fingerprint density at radius 2 is 0.806 bits per heavy atom. The van der Waals surface area contributed by atoms with Crippen LogP contribution in [0.3, 0.4) is 0 Å². The molecule has 0 bridgehead atoms. The number of unbranched alkanes of at least 4 members (excludes halogenated alkanes) is 31. The number of rotatable bonds is 52. The normalized spacial score (nSPS) is 13.0. The summed E-state index contributed by atoms with van der Waals surface area (Å²) in [5.41, 5.74) is 0. The smallest absolute Gasteiger partial charge is 0.361 e. The van der Waals surface area contributed by atoms with Crippen molar-refractivity contribution in [3.63, 3.8) is 0 Å². The number of carboxylic acid groups (broad SMARTS) is 1. The number of ether oxygens (including phenoxy) is 4. The third-order valence-electron chi connectivity index (χ3n) is 12.4. The molecule has 0 saturated carbocycles. The van der Waals surface area contributed by atoms with Crippen molar-refractivity contribution in [2.45, 2.75) is 270 Å². The number of nitrogens with zero attached hydrogens (tertiary/aromatic N) is 1. The number of esters is 2. The van der Waals surface area contributed by atoms with Crippen LogP contribution >= 0.6 is 0 Å². The summed E-state index contributed by atoms with van der Waals surface area (Å²) >= 11 is 0. The molecule has 2 unspecified atom stereocenters. The van der Waals surface area contributed by atoms with Gasteiger partial charge in [0.05, 0.1) is 34.4 Å². The molecule has 0 heterocycles. The van der Waals surface area contributed by atoms with E-state index in [0.29, 0.717) is 17.4 Å². The molecule has 0 saturated heterocycles. The summed E-state index contributed by atoms with van der Waals surface area (Å²) in [6, 6.07) is 0. The Morgan fingerprint density at radius 3 is 1.19 bits per heavy atom. The van der Waals surface area contributed by atoms with Gasteiger partial charge in [-0.15, -0.1) is 0 Å². The molecule has 0 aromatic carbocycles. The number of hydrogen-bond donors (Lipinski definition) is 1. The third-order valence-corrected chi connectivity index (χ3v) is 12.4. The van der Waals surface area contributed by atoms with E-state index >= 15 is 0 Å². The van der Waals surface area contributed by atoms with Gasteiger partial charge in [0.2, 0.25) is 0 Å². The van der Waals surface area contributed by atoms with Crippen LogP contribution in [0.4, 0.5) is 0 Å². The van der Waals surface area contributed by atoms with Crippen molar-refractivity contribution in [1.29, 1.82) is 0 Å². The Morgan fingerprint density at radius 1 is 0.448 bits per heavy atom. The summed E-state index contributed by atoms with van der Waals surface area (Å²) in [7, 11) is 5.97. The molecule has 0 aliphatic heterocycles. The maximum atomic E-state index is 12.9. The highest BCUT2D eigenvalue weighted by Gasteiger charge is 2.25. The van der Waals surface area contributed by atoms with Crippen molar-refractivity contribution in [2.24, 2.45) is 0 Å². The van der Waals surface area contributed by atoms with Crippen molar-refractivity contribution in [3.8, 4) is 0 Å². The number of carboxylic acids is 1. The van der Waals surface area contributed by atoms with Crippen molar-refractivity contribution < 1.29 is 42.9 Å². The molecule has 1 N–H and O–H groups in total. The minimum absolute atomic E-state index is 0.182. The van der Waals surface area contributed by atoms with Crippen molar-refractivity contribution >= 4 is 17.9 Å². The lowest BCUT2D eigenvalue weighted by Gasteiger charge is -2.25. The number of aliphatic carboxylic acids is 1. The SMILES string of the molecule is CCCCCCC/C=C\C/C=C\CCCCCCCCCCCCCC(=O)OC(COC(=O)CCCCCCCCCCC/C=C\CCCCCCCC)COC(OCC[N+](C)(C)C)C(=O)O. The quantitative estimate of drug-likeness (QED) is 0.0211. The second-order valence-electron chi connectivity index (χ2n) is 20.2. The lowest BCUT2D eigenvalue weighted by Crippen LogP contribution is -2.40. The van der Waals surface area contributed by atoms with Gasteiger partial charge in [-0.05, 0) is 70.6 Å². The van der Waals surface area contributed by atoms with E-state index in [2.05, 4.69) is 50.3 Å². The Balaban J connectivity index is 4.27. The second kappa shape index (κ2) is 49.9. The Labute approximate surface area is 413 Å². The minimum atomic E-state index is -1.51. The lowest BCUT2D eigenvalue weighted by atomic mass is 10.0. The maximum Gasteiger partial charge on any atom is 0.361 e. The minimum Gasteiger partial charge on any atom is -0.477 e. The van der Waals surface area contributed by atoms with Crippen molar-refractivity contribution in [2.75, 3.05) is 47.5 Å². The van der Waals surface area contributed by atoms with Crippen LogP contribution in [-0.4, -0.2) is 87.4 Å². The summed E-state index contributed by atoms with van der Waals surface area (Å²) < 4.78 is 22.9. The molecule has 0 aliphatic carbocycles. The Kier molecular flexibility index (Phi) is 48.1. The molecule has 0 aliphatic rings. The predicted octanol–water partition coefficient (Wildman–Crippen LogP) is 16.1. The van der Waals surface area contributed by atoms with Crippen LogP contribution in [0.15, 0.2) is 36.5 Å². The topological polar surface area (TPSA) is 108 Å². The van der Waals surface area contributed by atoms with Crippen LogP contribution in [0.25, 0.3) is 0 Å². The van der Waals surface area contributed by atoms with E-state index < -0.39 is 24.3 Å². The van der Waals surface area contributed by atoms with E-state index in [0.717, 1.165) is 44.9 Å². The van der Waals surface area contributed by atoms with E-state index in [4.69, 9.17) is 18.9 Å². The third kappa shape index (κ3) is 51.2. The average Bonchev–Trinajstić information content (AvgIpc) is 3.29. The number of likely N-dealkylation sites (N-methyl/N-ethyl adjacent to an activating group) is 1. The molecule has 392 valence electrons. The molecule has 0 aromatic heterocycles. The highest BCUT2D eigenvalue weighted by atomic mass is 16.7. The average molecular weight is 948 g/mol. The number of carbonyl (C=O) groups is 3. The van der Waals surface area contributed by atoms with Crippen LogP contribution in [0.2, 0.25) is 0 Å². The fourth-order valence-electron chi connectivity index (χ4n) is 7.98. The molecular formula is C58H108NO8+. The first kappa shape index (κ1) is 64.5. The summed E-state index contributed by atoms with van der Waals surface area (Å²) in [6.45, 7) is 4.89. The van der Waals surface area contributed by atoms with Gasteiger partial charge in [0, 0.05) is 12.8 Å². The number of allylic oxidation sites excluding steroid dienone is 6. The molecule has 9 heteroatoms. The van der Waals surface area contributed by atoms with E-state index in [1.165, 1.54) is 186 Å². The van der Waals surface area contributed by atoms with Gasteiger partial charge in [0.25, 0.3) is 6.29 Å². The standard InChI is InChI=1S/C58H107NO8/c1-6-8-10-12-14-16-18-20-22-24-26-27-28-29-31-33-35-37-39-41-43-45-47-49-56(61)67-54(53-66-58(57(62)63)64-51-50-59(3,4)5)52-65-55(60)48-46-44-42-40-38-36-34-32-30-25-23-21-19-17-15-13-11-9-7-2/h18,20-21,23-24,26,54,58H,6-17,19,22,25,27-53H2,1-5H3/p+1/b20-18-,23-21-,26-24-. The fourth-order valence-corrected chi connectivity index (χ4v) is 7.98. The first-order valence-electron chi connectivity index (χ1n) is 28.2. The van der Waals surface area contributed by atoms with Crippen LogP contribution in [-0.2, 0) is 33.3 Å². The van der Waals surface area contributed by atoms with Crippen LogP contribution in [0, 0.1) is 0 Å². The molecule has 0 rings (SSSR count). The molecule has 9 nitrogen and oxygen atoms in total. The Bertz CT molecular complexity index is 1190. The van der Waals surface area contributed by atoms with Crippen LogP contribution < -0.4 is 0 Å². The van der Waals surface area contributed by atoms with Gasteiger partial charge in [-0.2, -0.15) is 0 Å². The predicted molar refractivity (Wildman–Crippen MR) is 281 cm³/mol. The van der Waals surface area contributed by atoms with Gasteiger partial charge >= 0.3 is 17.9 Å². The van der Waals surface area contributed by atoms with Crippen molar-refractivity contribution in [1.82, 2.24) is 0 Å². The number of quaternary nitrogens is 1. The van der Waals surface area contributed by atoms with Gasteiger partial charge < -0.3 is 28.5 Å². The van der Waals surface area contributed by atoms with Crippen LogP contribution in [0.1, 0.15) is 258 Å². The largest absolute Gasteiger partial charge is 0.477 e. The molecule has 0 radical (unpaired) electrons. The van der Waals surface area contributed by atoms with Gasteiger partial charge in [0.1, 0.15) is 13.2 Å². The molecule has 0 fully saturated rings. The van der Waals surface area contributed by atoms with Gasteiger partial charge in [-0.3, -0.25) is 9.59 Å². The van der Waals surface area contributed by atoms with Gasteiger partial charge in [0.15, 0.2) is 6.10 Å². The number of carbonyl (C=O) groups excluding carboxylic acids is 2. The molecule has 0 spiro atoms. The molecule has 0 aromatic rings. The summed E-state index contributed by atoms with van der Waals surface area (Å²) in [5, 5.41) is 9.69. The zero-order valence-electron chi connectivity index (χ0n) is 44.6. The highest BCUT2D eigenvalue weighted by molar-refractivity contribution is 5.71. The fraction of sp³-hybridized carbons (Fsp3) is 0.845. The van der Waals surface area contributed by atoms with E-state index in [9.17, 15) is 19.5 Å². The van der Waals surface area contributed by atoms with E-state index in [1.54, 1.807) is 0 Å². The molecule has 0 amide bonds. The zero-order chi connectivity index (χ0) is 49.2. The lowest BCUT2D eigenvalue weighted by molar-refractivity contribution is -0.870. The maximum absolute atomic E-state index is 12.9. The first-order chi connectivity index (χ1) is 32.6. The Hall–Kier alpha value is -2.49. The summed E-state index contributed by atoms with van der Waals surface area (Å²) in [6.07, 6.45) is 56.4. The second-order valence-corrected chi connectivity index (χ2v) is 20.2. The molecule has 2 atom stereocenters. The summed E-state index contributed by atoms with van der Waals surface area (Å²) in [5.74, 6) is -2.00. The van der Waals surface area contributed by atoms with Crippen LogP contribution in [0.5, 0.6) is 0 Å². The first-order valence-corrected chi connectivity index (χ1v) is 28.2. The number of hydrogen-bond acceptors (Lipinski definition) is 7. The zero-order valence-corrected chi connectivity index (χ0v) is 44.6. The van der Waals surface area contributed by atoms with E-state index in [1.807, 2.05) is 21.1 Å². The molecule has 67 heavy (non-hydrogen) atoms. The van der Waals surface area contributed by atoms with Crippen molar-refractivity contribution in [3.05, 3.63) is 36.5 Å². The van der Waals surface area contributed by atoms with Gasteiger partial charge in [-0.25, -0.2) is 4.79 Å². The highest BCUT2D eigenvalue weighted by Crippen LogP contribution is 2.16. The van der Waals surface area contributed by atoms with Gasteiger partial charge in [-0.1, -0.05) is 211 Å². The molecular weight excluding hydrogens is 839 g/mol. The van der Waals surface area contributed by atoms with E-state index in [-0.39, 0.29) is 32.2 Å². The summed E-state index contributed by atoms with van der Waals surface area (Å²) in [4.78, 5) is 37.4. The monoisotopic (exact) mass is 947 g/mol.